The van der Waals surface area contributed by atoms with E-state index in [-0.39, 0.29) is 13.2 Å². The van der Waals surface area contributed by atoms with Crippen LogP contribution in [-0.2, 0) is 9.53 Å². The van der Waals surface area contributed by atoms with Crippen LogP contribution in [0.4, 0.5) is 0 Å². The number of esters is 1. The lowest BCUT2D eigenvalue weighted by atomic mass is 9.87. The van der Waals surface area contributed by atoms with E-state index in [9.17, 15) is 4.79 Å². The lowest BCUT2D eigenvalue weighted by molar-refractivity contribution is -0.162. The number of rotatable bonds is 7. The largest absolute Gasteiger partial charge is 0.465 e. The summed E-state index contributed by atoms with van der Waals surface area (Å²) >= 11 is 0. The molecule has 0 bridgehead atoms. The Hall–Kier alpha value is -0.610. The number of carbonyl (C=O) groups excluding carboxylic acids is 1. The fourth-order valence-electron chi connectivity index (χ4n) is 1.01. The summed E-state index contributed by atoms with van der Waals surface area (Å²) in [5, 5.41) is 18.1. The SMILES string of the molecule is CCCCOC(=O)C(CC)(CO)CO. The van der Waals surface area contributed by atoms with E-state index in [0.29, 0.717) is 13.0 Å². The third kappa shape index (κ3) is 3.27. The van der Waals surface area contributed by atoms with E-state index < -0.39 is 11.4 Å². The summed E-state index contributed by atoms with van der Waals surface area (Å²) < 4.78 is 4.96. The lowest BCUT2D eigenvalue weighted by Crippen LogP contribution is -2.39. The smallest absolute Gasteiger partial charge is 0.316 e. The summed E-state index contributed by atoms with van der Waals surface area (Å²) in [5.74, 6) is -0.501. The van der Waals surface area contributed by atoms with E-state index >= 15 is 0 Å². The number of unbranched alkanes of at least 4 members (excludes halogenated alkanes) is 1. The minimum absolute atomic E-state index is 0.358. The first-order valence-corrected chi connectivity index (χ1v) is 5.05. The minimum atomic E-state index is -1.12. The van der Waals surface area contributed by atoms with Crippen LogP contribution in [-0.4, -0.2) is 36.0 Å². The number of ether oxygens (including phenoxy) is 1. The molecule has 0 aliphatic rings. The van der Waals surface area contributed by atoms with Crippen molar-refractivity contribution in [2.45, 2.75) is 33.1 Å². The number of hydrogen-bond donors (Lipinski definition) is 2. The quantitative estimate of drug-likeness (QED) is 0.473. The summed E-state index contributed by atoms with van der Waals surface area (Å²) in [5.41, 5.74) is -1.12. The van der Waals surface area contributed by atoms with Crippen LogP contribution in [0, 0.1) is 5.41 Å². The molecule has 0 heterocycles. The average molecular weight is 204 g/mol. The molecule has 0 radical (unpaired) electrons. The second kappa shape index (κ2) is 6.79. The van der Waals surface area contributed by atoms with Gasteiger partial charge in [0, 0.05) is 0 Å². The molecule has 2 N–H and O–H groups in total. The summed E-state index contributed by atoms with van der Waals surface area (Å²) in [7, 11) is 0. The van der Waals surface area contributed by atoms with Crippen LogP contribution < -0.4 is 0 Å². The van der Waals surface area contributed by atoms with Gasteiger partial charge in [-0.1, -0.05) is 20.3 Å². The van der Waals surface area contributed by atoms with Crippen molar-refractivity contribution >= 4 is 5.97 Å². The molecule has 0 aromatic carbocycles. The zero-order valence-electron chi connectivity index (χ0n) is 8.95. The molecule has 0 aromatic heterocycles. The standard InChI is InChI=1S/C10H20O4/c1-3-5-6-14-9(13)10(4-2,7-11)8-12/h11-12H,3-8H2,1-2H3. The first kappa shape index (κ1) is 13.4. The molecule has 0 saturated carbocycles. The first-order chi connectivity index (χ1) is 6.66. The summed E-state index contributed by atoms with van der Waals surface area (Å²) in [6, 6.07) is 0. The average Bonchev–Trinajstić information content (AvgIpc) is 2.22. The number of hydrogen-bond acceptors (Lipinski definition) is 4. The van der Waals surface area contributed by atoms with Gasteiger partial charge in [0.25, 0.3) is 0 Å². The first-order valence-electron chi connectivity index (χ1n) is 5.05. The summed E-state index contributed by atoms with van der Waals surface area (Å²) in [6.45, 7) is 3.36. The molecule has 0 unspecified atom stereocenters. The monoisotopic (exact) mass is 204 g/mol. The fourth-order valence-corrected chi connectivity index (χ4v) is 1.01. The molecular formula is C10H20O4. The van der Waals surface area contributed by atoms with E-state index in [4.69, 9.17) is 14.9 Å². The van der Waals surface area contributed by atoms with E-state index in [1.165, 1.54) is 0 Å². The van der Waals surface area contributed by atoms with Crippen molar-refractivity contribution in [1.29, 1.82) is 0 Å². The molecule has 0 amide bonds. The van der Waals surface area contributed by atoms with Gasteiger partial charge in [-0.2, -0.15) is 0 Å². The predicted octanol–water partition coefficient (Wildman–Crippen LogP) is 0.711. The van der Waals surface area contributed by atoms with Crippen molar-refractivity contribution in [2.24, 2.45) is 5.41 Å². The van der Waals surface area contributed by atoms with Gasteiger partial charge in [-0.3, -0.25) is 4.79 Å². The van der Waals surface area contributed by atoms with Gasteiger partial charge in [-0.15, -0.1) is 0 Å². The third-order valence-corrected chi connectivity index (χ3v) is 2.45. The fraction of sp³-hybridized carbons (Fsp3) is 0.900. The molecule has 0 fully saturated rings. The molecule has 0 saturated heterocycles. The Bertz CT molecular complexity index is 155. The zero-order chi connectivity index (χ0) is 11.0. The topological polar surface area (TPSA) is 66.8 Å². The Morgan fingerprint density at radius 3 is 2.21 bits per heavy atom. The van der Waals surface area contributed by atoms with Gasteiger partial charge in [-0.05, 0) is 12.8 Å². The second-order valence-corrected chi connectivity index (χ2v) is 3.44. The molecule has 0 rings (SSSR count). The Morgan fingerprint density at radius 1 is 1.29 bits per heavy atom. The summed E-state index contributed by atoms with van der Waals surface area (Å²) in [6.07, 6.45) is 2.14. The molecule has 0 atom stereocenters. The second-order valence-electron chi connectivity index (χ2n) is 3.44. The number of aliphatic hydroxyl groups is 2. The molecule has 0 aliphatic heterocycles. The maximum atomic E-state index is 11.5. The predicted molar refractivity (Wildman–Crippen MR) is 52.8 cm³/mol. The van der Waals surface area contributed by atoms with Crippen molar-refractivity contribution < 1.29 is 19.7 Å². The van der Waals surface area contributed by atoms with Gasteiger partial charge in [0.05, 0.1) is 19.8 Å². The zero-order valence-corrected chi connectivity index (χ0v) is 8.95. The van der Waals surface area contributed by atoms with Crippen LogP contribution in [0.3, 0.4) is 0 Å². The van der Waals surface area contributed by atoms with E-state index in [1.807, 2.05) is 6.92 Å². The molecule has 14 heavy (non-hydrogen) atoms. The molecule has 0 aliphatic carbocycles. The molecule has 4 heteroatoms. The Morgan fingerprint density at radius 2 is 1.86 bits per heavy atom. The molecular weight excluding hydrogens is 184 g/mol. The highest BCUT2D eigenvalue weighted by Crippen LogP contribution is 2.22. The van der Waals surface area contributed by atoms with Gasteiger partial charge in [0.2, 0.25) is 0 Å². The van der Waals surface area contributed by atoms with Crippen molar-refractivity contribution in [3.63, 3.8) is 0 Å². The molecule has 0 aromatic rings. The molecule has 84 valence electrons. The minimum Gasteiger partial charge on any atom is -0.465 e. The highest BCUT2D eigenvalue weighted by molar-refractivity contribution is 5.77. The van der Waals surface area contributed by atoms with E-state index in [1.54, 1.807) is 6.92 Å². The van der Waals surface area contributed by atoms with Crippen LogP contribution >= 0.6 is 0 Å². The van der Waals surface area contributed by atoms with Gasteiger partial charge in [0.1, 0.15) is 5.41 Å². The van der Waals surface area contributed by atoms with Crippen LogP contribution in [0.1, 0.15) is 33.1 Å². The number of carbonyl (C=O) groups is 1. The highest BCUT2D eigenvalue weighted by atomic mass is 16.5. The van der Waals surface area contributed by atoms with Gasteiger partial charge in [-0.25, -0.2) is 0 Å². The van der Waals surface area contributed by atoms with E-state index in [2.05, 4.69) is 0 Å². The van der Waals surface area contributed by atoms with Crippen LogP contribution in [0.25, 0.3) is 0 Å². The Balaban J connectivity index is 4.15. The number of aliphatic hydroxyl groups excluding tert-OH is 2. The van der Waals surface area contributed by atoms with Gasteiger partial charge in [0.15, 0.2) is 0 Å². The normalized spacial score (nSPS) is 11.4. The van der Waals surface area contributed by atoms with E-state index in [0.717, 1.165) is 12.8 Å². The van der Waals surface area contributed by atoms with Crippen LogP contribution in [0.2, 0.25) is 0 Å². The maximum absolute atomic E-state index is 11.5. The van der Waals surface area contributed by atoms with Crippen molar-refractivity contribution in [3.05, 3.63) is 0 Å². The molecule has 0 spiro atoms. The third-order valence-electron chi connectivity index (χ3n) is 2.45. The van der Waals surface area contributed by atoms with Crippen molar-refractivity contribution in [3.8, 4) is 0 Å². The Labute approximate surface area is 84.9 Å². The van der Waals surface area contributed by atoms with Crippen LogP contribution in [0.5, 0.6) is 0 Å². The molecule has 4 nitrogen and oxygen atoms in total. The summed E-state index contributed by atoms with van der Waals surface area (Å²) in [4.78, 5) is 11.5. The van der Waals surface area contributed by atoms with Crippen molar-refractivity contribution in [1.82, 2.24) is 0 Å². The van der Waals surface area contributed by atoms with Gasteiger partial charge < -0.3 is 14.9 Å². The maximum Gasteiger partial charge on any atom is 0.316 e. The highest BCUT2D eigenvalue weighted by Gasteiger charge is 2.37. The lowest BCUT2D eigenvalue weighted by Gasteiger charge is -2.25. The van der Waals surface area contributed by atoms with Gasteiger partial charge >= 0.3 is 5.97 Å². The Kier molecular flexibility index (Phi) is 6.49. The van der Waals surface area contributed by atoms with Crippen LogP contribution in [0.15, 0.2) is 0 Å². The van der Waals surface area contributed by atoms with Crippen molar-refractivity contribution in [2.75, 3.05) is 19.8 Å².